The van der Waals surface area contributed by atoms with Gasteiger partial charge in [0.15, 0.2) is 12.7 Å². The topological polar surface area (TPSA) is 16.8 Å². The molecule has 1 aliphatic heterocycles. The zero-order valence-corrected chi connectivity index (χ0v) is 8.14. The summed E-state index contributed by atoms with van der Waals surface area (Å²) in [7, 11) is 0. The van der Waals surface area contributed by atoms with Gasteiger partial charge in [0.05, 0.1) is 10.9 Å². The lowest BCUT2D eigenvalue weighted by Gasteiger charge is -1.95. The first kappa shape index (κ1) is 7.35. The molecule has 0 saturated carbocycles. The van der Waals surface area contributed by atoms with Crippen LogP contribution in [0.2, 0.25) is 0 Å². The number of nitrogens with zero attached hydrogens (tertiary/aromatic N) is 2. The molecule has 0 radical (unpaired) electrons. The average Bonchev–Trinajstić information content (AvgIpc) is 2.66. The summed E-state index contributed by atoms with van der Waals surface area (Å²) in [6.07, 6.45) is 4.04. The number of aromatic nitrogens is 2. The van der Waals surface area contributed by atoms with E-state index in [9.17, 15) is 0 Å². The third kappa shape index (κ3) is 0.796. The molecule has 2 heteroatoms. The van der Waals surface area contributed by atoms with E-state index in [0.29, 0.717) is 0 Å². The third-order valence-corrected chi connectivity index (χ3v) is 3.17. The zero-order valence-electron chi connectivity index (χ0n) is 8.14. The Balaban J connectivity index is 2.42. The second kappa shape index (κ2) is 2.34. The van der Waals surface area contributed by atoms with E-state index in [1.54, 1.807) is 0 Å². The van der Waals surface area contributed by atoms with Gasteiger partial charge in [0.2, 0.25) is 5.52 Å². The summed E-state index contributed by atoms with van der Waals surface area (Å²) in [5.41, 5.74) is 3.83. The average molecular weight is 193 g/mol. The maximum absolute atomic E-state index is 4.41. The Kier molecular flexibility index (Phi) is 1.15. The van der Waals surface area contributed by atoms with E-state index in [2.05, 4.69) is 46.1 Å². The molecule has 3 heterocycles. The maximum Gasteiger partial charge on any atom is 0.222 e. The van der Waals surface area contributed by atoms with Gasteiger partial charge in [-0.3, -0.25) is 4.98 Å². The highest BCUT2D eigenvalue weighted by atomic mass is 15.0. The summed E-state index contributed by atoms with van der Waals surface area (Å²) in [5.74, 6) is 0. The van der Waals surface area contributed by atoms with Crippen molar-refractivity contribution >= 4 is 21.8 Å². The second-order valence-electron chi connectivity index (χ2n) is 4.00. The van der Waals surface area contributed by atoms with Crippen molar-refractivity contribution in [1.82, 2.24) is 4.98 Å². The predicted octanol–water partition coefficient (Wildman–Crippen LogP) is 2.04. The van der Waals surface area contributed by atoms with Gasteiger partial charge in [-0.05, 0) is 24.3 Å². The zero-order chi connectivity index (χ0) is 9.83. The van der Waals surface area contributed by atoms with E-state index in [4.69, 9.17) is 0 Å². The van der Waals surface area contributed by atoms with Crippen molar-refractivity contribution in [1.29, 1.82) is 0 Å². The summed E-state index contributed by atoms with van der Waals surface area (Å²) >= 11 is 0. The van der Waals surface area contributed by atoms with Crippen LogP contribution >= 0.6 is 0 Å². The number of hydrogen-bond donors (Lipinski definition) is 0. The Morgan fingerprint density at radius 3 is 3.13 bits per heavy atom. The normalized spacial score (nSPS) is 13.1. The summed E-state index contributed by atoms with van der Waals surface area (Å²) in [6.45, 7) is 0.982. The molecule has 70 valence electrons. The highest BCUT2D eigenvalue weighted by Gasteiger charge is 2.23. The number of benzene rings is 1. The molecule has 1 aromatic carbocycles. The standard InChI is InChI=1S/C13H9N2/c1-2-9-3-4-11-12-10(5-6-14-11)8-15(7-1)13(9)12/h1-7H,8H2/q+1. The Hall–Kier alpha value is -1.96. The van der Waals surface area contributed by atoms with Crippen molar-refractivity contribution in [3.63, 3.8) is 0 Å². The first-order chi connectivity index (χ1) is 7.43. The van der Waals surface area contributed by atoms with Crippen molar-refractivity contribution < 1.29 is 4.57 Å². The summed E-state index contributed by atoms with van der Waals surface area (Å²) < 4.78 is 2.30. The van der Waals surface area contributed by atoms with Crippen molar-refractivity contribution in [3.05, 3.63) is 48.3 Å². The molecule has 0 unspecified atom stereocenters. The summed E-state index contributed by atoms with van der Waals surface area (Å²) in [6, 6.07) is 10.6. The molecule has 0 amide bonds. The molecule has 0 fully saturated rings. The van der Waals surface area contributed by atoms with Gasteiger partial charge in [0, 0.05) is 23.2 Å². The van der Waals surface area contributed by atoms with Crippen molar-refractivity contribution in [2.24, 2.45) is 0 Å². The number of hydrogen-bond acceptors (Lipinski definition) is 1. The molecule has 3 aromatic rings. The van der Waals surface area contributed by atoms with Crippen LogP contribution in [0.25, 0.3) is 21.8 Å². The maximum atomic E-state index is 4.41. The fraction of sp³-hybridized carbons (Fsp3) is 0.0769. The Labute approximate surface area is 86.8 Å². The van der Waals surface area contributed by atoms with Crippen LogP contribution in [0.3, 0.4) is 0 Å². The van der Waals surface area contributed by atoms with Gasteiger partial charge in [-0.1, -0.05) is 0 Å². The Morgan fingerprint density at radius 2 is 2.13 bits per heavy atom. The van der Waals surface area contributed by atoms with E-state index in [1.165, 1.54) is 21.9 Å². The van der Waals surface area contributed by atoms with Crippen molar-refractivity contribution in [2.75, 3.05) is 0 Å². The van der Waals surface area contributed by atoms with Crippen LogP contribution in [0.5, 0.6) is 0 Å². The fourth-order valence-electron chi connectivity index (χ4n) is 2.53. The van der Waals surface area contributed by atoms with Crippen LogP contribution in [0.15, 0.2) is 42.7 Å². The predicted molar refractivity (Wildman–Crippen MR) is 58.5 cm³/mol. The largest absolute Gasteiger partial charge is 0.256 e. The summed E-state index contributed by atoms with van der Waals surface area (Å²) in [4.78, 5) is 4.41. The highest BCUT2D eigenvalue weighted by molar-refractivity contribution is 6.04. The lowest BCUT2D eigenvalue weighted by molar-refractivity contribution is -0.657. The van der Waals surface area contributed by atoms with Crippen LogP contribution in [0.4, 0.5) is 0 Å². The molecular weight excluding hydrogens is 184 g/mol. The molecule has 15 heavy (non-hydrogen) atoms. The molecule has 0 atom stereocenters. The van der Waals surface area contributed by atoms with Gasteiger partial charge in [-0.2, -0.15) is 4.57 Å². The molecule has 2 aromatic heterocycles. The van der Waals surface area contributed by atoms with E-state index in [-0.39, 0.29) is 0 Å². The molecular formula is C13H9N2+. The smallest absolute Gasteiger partial charge is 0.222 e. The van der Waals surface area contributed by atoms with Crippen molar-refractivity contribution in [3.8, 4) is 0 Å². The molecule has 2 nitrogen and oxygen atoms in total. The minimum absolute atomic E-state index is 0.982. The monoisotopic (exact) mass is 193 g/mol. The first-order valence-corrected chi connectivity index (χ1v) is 5.12. The SMILES string of the molecule is c1cc2ccc3nccc4c3c2[n+](c1)C4. The van der Waals surface area contributed by atoms with Crippen LogP contribution < -0.4 is 4.57 Å². The molecule has 0 bridgehead atoms. The van der Waals surface area contributed by atoms with Gasteiger partial charge in [-0.25, -0.2) is 0 Å². The van der Waals surface area contributed by atoms with Crippen LogP contribution in [0.1, 0.15) is 5.56 Å². The van der Waals surface area contributed by atoms with E-state index < -0.39 is 0 Å². The fourth-order valence-corrected chi connectivity index (χ4v) is 2.53. The molecule has 1 aliphatic rings. The molecule has 0 saturated heterocycles. The molecule has 0 N–H and O–H groups in total. The summed E-state index contributed by atoms with van der Waals surface area (Å²) in [5, 5.41) is 2.63. The van der Waals surface area contributed by atoms with Crippen LogP contribution in [-0.4, -0.2) is 4.98 Å². The second-order valence-corrected chi connectivity index (χ2v) is 4.00. The van der Waals surface area contributed by atoms with Gasteiger partial charge in [-0.15, -0.1) is 0 Å². The lowest BCUT2D eigenvalue weighted by Crippen LogP contribution is -2.30. The number of rotatable bonds is 0. The third-order valence-electron chi connectivity index (χ3n) is 3.17. The van der Waals surface area contributed by atoms with Gasteiger partial charge >= 0.3 is 0 Å². The van der Waals surface area contributed by atoms with E-state index >= 15 is 0 Å². The van der Waals surface area contributed by atoms with Gasteiger partial charge in [0.1, 0.15) is 0 Å². The molecule has 4 rings (SSSR count). The highest BCUT2D eigenvalue weighted by Crippen LogP contribution is 2.28. The molecule has 0 aliphatic carbocycles. The van der Waals surface area contributed by atoms with Gasteiger partial charge in [0.25, 0.3) is 0 Å². The number of pyridine rings is 2. The Morgan fingerprint density at radius 1 is 1.13 bits per heavy atom. The van der Waals surface area contributed by atoms with Crippen LogP contribution in [0, 0.1) is 0 Å². The van der Waals surface area contributed by atoms with Crippen molar-refractivity contribution in [2.45, 2.75) is 6.54 Å². The quantitative estimate of drug-likeness (QED) is 0.308. The lowest BCUT2D eigenvalue weighted by atomic mass is 10.1. The van der Waals surface area contributed by atoms with E-state index in [0.717, 1.165) is 12.1 Å². The van der Waals surface area contributed by atoms with Gasteiger partial charge < -0.3 is 0 Å². The Bertz CT molecular complexity index is 641. The van der Waals surface area contributed by atoms with E-state index in [1.807, 2.05) is 6.20 Å². The first-order valence-electron chi connectivity index (χ1n) is 5.12. The molecule has 0 spiro atoms. The van der Waals surface area contributed by atoms with Crippen LogP contribution in [-0.2, 0) is 6.54 Å². The minimum atomic E-state index is 0.982. The minimum Gasteiger partial charge on any atom is -0.256 e.